The minimum absolute atomic E-state index is 0.750. The van der Waals surface area contributed by atoms with Gasteiger partial charge < -0.3 is 5.73 Å². The summed E-state index contributed by atoms with van der Waals surface area (Å²) in [7, 11) is 0. The first-order valence-corrected chi connectivity index (χ1v) is 5.73. The first-order valence-electron chi connectivity index (χ1n) is 5.73. The molecule has 0 bridgehead atoms. The van der Waals surface area contributed by atoms with Crippen LogP contribution in [0, 0.1) is 0 Å². The Morgan fingerprint density at radius 1 is 0.875 bits per heavy atom. The Morgan fingerprint density at radius 2 is 1.25 bits per heavy atom. The van der Waals surface area contributed by atoms with Crippen molar-refractivity contribution in [3.63, 3.8) is 0 Å². The minimum atomic E-state index is 0.750. The third-order valence-corrected chi connectivity index (χ3v) is 2.71. The molecule has 0 heterocycles. The van der Waals surface area contributed by atoms with Crippen molar-refractivity contribution < 1.29 is 0 Å². The predicted molar refractivity (Wildman–Crippen MR) is 69.4 cm³/mol. The summed E-state index contributed by atoms with van der Waals surface area (Å²) in [5.41, 5.74) is 10.6. The lowest BCUT2D eigenvalue weighted by Gasteiger charge is -1.98. The van der Waals surface area contributed by atoms with Crippen LogP contribution in [0.2, 0.25) is 0 Å². The largest absolute Gasteiger partial charge is 0.331 e. The van der Waals surface area contributed by atoms with Crippen LogP contribution in [-0.2, 0) is 6.42 Å². The van der Waals surface area contributed by atoms with Crippen LogP contribution in [0.25, 0.3) is 11.1 Å². The first-order chi connectivity index (χ1) is 7.86. The van der Waals surface area contributed by atoms with E-state index in [2.05, 4.69) is 48.5 Å². The molecule has 2 N–H and O–H groups in total. The number of benzene rings is 2. The Hall–Kier alpha value is -1.60. The molecular weight excluding hydrogens is 194 g/mol. The maximum Gasteiger partial charge on any atom is -0.00135 e. The van der Waals surface area contributed by atoms with Crippen LogP contribution < -0.4 is 5.73 Å². The number of fused-ring (bicyclic) bond motifs is 3. The first kappa shape index (κ1) is 10.9. The van der Waals surface area contributed by atoms with Crippen LogP contribution in [0.15, 0.2) is 48.5 Å². The van der Waals surface area contributed by atoms with E-state index in [0.717, 1.165) is 13.0 Å². The lowest BCUT2D eigenvalue weighted by atomic mass is 10.1. The van der Waals surface area contributed by atoms with E-state index in [9.17, 15) is 0 Å². The zero-order valence-corrected chi connectivity index (χ0v) is 9.61. The van der Waals surface area contributed by atoms with Gasteiger partial charge in [-0.2, -0.15) is 0 Å². The van der Waals surface area contributed by atoms with Gasteiger partial charge in [-0.1, -0.05) is 55.5 Å². The molecule has 0 unspecified atom stereocenters. The fourth-order valence-corrected chi connectivity index (χ4v) is 2.08. The van der Waals surface area contributed by atoms with E-state index in [-0.39, 0.29) is 0 Å². The van der Waals surface area contributed by atoms with Gasteiger partial charge in [0.1, 0.15) is 0 Å². The third-order valence-electron chi connectivity index (χ3n) is 2.71. The second kappa shape index (κ2) is 4.95. The molecule has 1 nitrogen and oxygen atoms in total. The van der Waals surface area contributed by atoms with Crippen molar-refractivity contribution in [1.29, 1.82) is 0 Å². The van der Waals surface area contributed by atoms with Gasteiger partial charge in [-0.3, -0.25) is 0 Å². The van der Waals surface area contributed by atoms with Crippen molar-refractivity contribution >= 4 is 0 Å². The Morgan fingerprint density at radius 3 is 1.69 bits per heavy atom. The van der Waals surface area contributed by atoms with Gasteiger partial charge in [-0.05, 0) is 35.2 Å². The molecule has 16 heavy (non-hydrogen) atoms. The summed E-state index contributed by atoms with van der Waals surface area (Å²) in [6.07, 6.45) is 1.10. The van der Waals surface area contributed by atoms with Crippen LogP contribution in [0.3, 0.4) is 0 Å². The Kier molecular flexibility index (Phi) is 3.37. The molecule has 1 heteroatoms. The molecule has 0 atom stereocenters. The van der Waals surface area contributed by atoms with E-state index in [1.807, 2.05) is 6.92 Å². The normalized spacial score (nSPS) is 11.1. The van der Waals surface area contributed by atoms with Crippen molar-refractivity contribution in [1.82, 2.24) is 0 Å². The molecule has 2 aromatic carbocycles. The number of rotatable bonds is 0. The summed E-state index contributed by atoms with van der Waals surface area (Å²) in [5.74, 6) is 0. The van der Waals surface area contributed by atoms with E-state index < -0.39 is 0 Å². The zero-order chi connectivity index (χ0) is 11.4. The Bertz CT molecular complexity index is 431. The predicted octanol–water partition coefficient (Wildman–Crippen LogP) is 3.22. The number of hydrogen-bond donors (Lipinski definition) is 1. The van der Waals surface area contributed by atoms with Crippen molar-refractivity contribution in [2.24, 2.45) is 5.73 Å². The van der Waals surface area contributed by atoms with Crippen LogP contribution in [0.1, 0.15) is 18.1 Å². The molecule has 3 rings (SSSR count). The van der Waals surface area contributed by atoms with Crippen LogP contribution >= 0.6 is 0 Å². The molecule has 0 saturated carbocycles. The highest BCUT2D eigenvalue weighted by Crippen LogP contribution is 2.35. The summed E-state index contributed by atoms with van der Waals surface area (Å²) in [4.78, 5) is 0. The highest BCUT2D eigenvalue weighted by Gasteiger charge is 2.15. The zero-order valence-electron chi connectivity index (χ0n) is 9.61. The maximum absolute atomic E-state index is 4.85. The minimum Gasteiger partial charge on any atom is -0.331 e. The SMILES string of the molecule is CCN.c1ccc2c(c1)Cc1ccccc1-2. The van der Waals surface area contributed by atoms with Crippen molar-refractivity contribution in [3.8, 4) is 11.1 Å². The summed E-state index contributed by atoms with van der Waals surface area (Å²) in [5, 5.41) is 0. The van der Waals surface area contributed by atoms with Crippen LogP contribution in [-0.4, -0.2) is 6.54 Å². The monoisotopic (exact) mass is 211 g/mol. The number of nitrogens with two attached hydrogens (primary N) is 1. The lowest BCUT2D eigenvalue weighted by Crippen LogP contribution is -1.87. The summed E-state index contributed by atoms with van der Waals surface area (Å²) in [6.45, 7) is 2.65. The van der Waals surface area contributed by atoms with E-state index in [1.165, 1.54) is 22.3 Å². The molecular formula is C15H17N. The van der Waals surface area contributed by atoms with Crippen molar-refractivity contribution in [2.45, 2.75) is 13.3 Å². The maximum atomic E-state index is 4.85. The van der Waals surface area contributed by atoms with E-state index in [4.69, 9.17) is 5.73 Å². The van der Waals surface area contributed by atoms with Crippen LogP contribution in [0.5, 0.6) is 0 Å². The molecule has 0 spiro atoms. The van der Waals surface area contributed by atoms with Gasteiger partial charge in [0.05, 0.1) is 0 Å². The molecule has 1 aliphatic carbocycles. The third kappa shape index (κ3) is 2.00. The van der Waals surface area contributed by atoms with Gasteiger partial charge in [-0.15, -0.1) is 0 Å². The smallest absolute Gasteiger partial charge is 0.00135 e. The van der Waals surface area contributed by atoms with Crippen molar-refractivity contribution in [2.75, 3.05) is 6.54 Å². The van der Waals surface area contributed by atoms with Gasteiger partial charge in [0, 0.05) is 0 Å². The molecule has 0 fully saturated rings. The average Bonchev–Trinajstić information content (AvgIpc) is 2.68. The second-order valence-electron chi connectivity index (χ2n) is 3.90. The highest BCUT2D eigenvalue weighted by molar-refractivity contribution is 5.76. The van der Waals surface area contributed by atoms with Gasteiger partial charge in [0.2, 0.25) is 0 Å². The van der Waals surface area contributed by atoms with Gasteiger partial charge in [-0.25, -0.2) is 0 Å². The summed E-state index contributed by atoms with van der Waals surface area (Å²) < 4.78 is 0. The average molecular weight is 211 g/mol. The highest BCUT2D eigenvalue weighted by atomic mass is 14.5. The molecule has 0 aliphatic heterocycles. The fraction of sp³-hybridized carbons (Fsp3) is 0.200. The summed E-state index contributed by atoms with van der Waals surface area (Å²) >= 11 is 0. The van der Waals surface area contributed by atoms with Gasteiger partial charge >= 0.3 is 0 Å². The quantitative estimate of drug-likeness (QED) is 0.607. The summed E-state index contributed by atoms with van der Waals surface area (Å²) in [6, 6.07) is 17.3. The molecule has 1 aliphatic rings. The fourth-order valence-electron chi connectivity index (χ4n) is 2.08. The number of hydrogen-bond acceptors (Lipinski definition) is 1. The van der Waals surface area contributed by atoms with Gasteiger partial charge in [0.25, 0.3) is 0 Å². The second-order valence-corrected chi connectivity index (χ2v) is 3.90. The molecule has 0 amide bonds. The Labute approximate surface area is 96.9 Å². The van der Waals surface area contributed by atoms with E-state index in [1.54, 1.807) is 0 Å². The molecule has 82 valence electrons. The molecule has 2 aromatic rings. The molecule has 0 aromatic heterocycles. The standard InChI is InChI=1S/C13H10.C2H7N/c1-3-7-12-10(5-1)9-11-6-2-4-8-13(11)12;1-2-3/h1-8H,9H2;2-3H2,1H3. The van der Waals surface area contributed by atoms with Crippen LogP contribution in [0.4, 0.5) is 0 Å². The molecule has 0 radical (unpaired) electrons. The van der Waals surface area contributed by atoms with Crippen molar-refractivity contribution in [3.05, 3.63) is 59.7 Å². The van der Waals surface area contributed by atoms with Gasteiger partial charge in [0.15, 0.2) is 0 Å². The molecule has 0 saturated heterocycles. The van der Waals surface area contributed by atoms with E-state index in [0.29, 0.717) is 0 Å². The topological polar surface area (TPSA) is 26.0 Å². The lowest BCUT2D eigenvalue weighted by molar-refractivity contribution is 1.14. The Balaban J connectivity index is 0.000000292. The van der Waals surface area contributed by atoms with E-state index >= 15 is 0 Å².